The number of nitrogens with zero attached hydrogens (tertiary/aromatic N) is 1. The maximum absolute atomic E-state index is 11.5. The van der Waals surface area contributed by atoms with E-state index in [0.717, 1.165) is 5.57 Å². The molecule has 0 radical (unpaired) electrons. The van der Waals surface area contributed by atoms with Crippen molar-refractivity contribution in [1.29, 1.82) is 0 Å². The van der Waals surface area contributed by atoms with Crippen LogP contribution in [0.1, 0.15) is 20.3 Å². The third kappa shape index (κ3) is 1.20. The van der Waals surface area contributed by atoms with E-state index in [-0.39, 0.29) is 17.1 Å². The summed E-state index contributed by atoms with van der Waals surface area (Å²) in [5, 5.41) is 0.232. The van der Waals surface area contributed by atoms with Gasteiger partial charge in [-0.25, -0.2) is 0 Å². The third-order valence-corrected chi connectivity index (χ3v) is 3.48. The number of Topliss-reactive ketones (excluding diaryl/α,β-unsaturated/α-hetero) is 1. The van der Waals surface area contributed by atoms with Gasteiger partial charge in [0.1, 0.15) is 0 Å². The molecule has 0 bridgehead atoms. The second kappa shape index (κ2) is 2.87. The molecule has 3 nitrogen and oxygen atoms in total. The van der Waals surface area contributed by atoms with Crippen molar-refractivity contribution >= 4 is 23.5 Å². The number of thioether (sulfide) groups is 1. The summed E-state index contributed by atoms with van der Waals surface area (Å²) in [5.41, 5.74) is 1.59. The summed E-state index contributed by atoms with van der Waals surface area (Å²) in [5.74, 6) is 0.700. The Kier molecular flexibility index (Phi) is 1.95. The monoisotopic (exact) mass is 197 g/mol. The summed E-state index contributed by atoms with van der Waals surface area (Å²) in [4.78, 5) is 24.4. The average molecular weight is 197 g/mol. The van der Waals surface area contributed by atoms with E-state index in [1.807, 2.05) is 13.8 Å². The number of fused-ring (bicyclic) bond motifs is 1. The van der Waals surface area contributed by atoms with Crippen LogP contribution in [0.4, 0.5) is 0 Å². The number of β-lactam (4-membered cyclic amide) rings is 1. The first-order valence-corrected chi connectivity index (χ1v) is 5.30. The Morgan fingerprint density at radius 3 is 2.62 bits per heavy atom. The van der Waals surface area contributed by atoms with Crippen LogP contribution in [-0.2, 0) is 9.59 Å². The molecular formula is C9H11NO2S. The first-order valence-electron chi connectivity index (χ1n) is 4.25. The minimum atomic E-state index is 0.0850. The maximum atomic E-state index is 11.5. The molecule has 0 aromatic heterocycles. The summed E-state index contributed by atoms with van der Waals surface area (Å²) in [6, 6.07) is 0. The number of ketones is 1. The van der Waals surface area contributed by atoms with Crippen LogP contribution in [-0.4, -0.2) is 27.7 Å². The largest absolute Gasteiger partial charge is 0.296 e. The van der Waals surface area contributed by atoms with Gasteiger partial charge in [0, 0.05) is 0 Å². The highest BCUT2D eigenvalue weighted by Crippen LogP contribution is 2.38. The molecular weight excluding hydrogens is 186 g/mol. The van der Waals surface area contributed by atoms with Crippen molar-refractivity contribution in [2.75, 3.05) is 5.75 Å². The molecule has 2 heterocycles. The lowest BCUT2D eigenvalue weighted by molar-refractivity contribution is -0.141. The second-order valence-corrected chi connectivity index (χ2v) is 4.67. The molecule has 4 heteroatoms. The van der Waals surface area contributed by atoms with Gasteiger partial charge in [-0.15, -0.1) is 11.8 Å². The molecule has 2 saturated heterocycles. The lowest BCUT2D eigenvalue weighted by atomic mass is 10.1. The van der Waals surface area contributed by atoms with Crippen LogP contribution in [0.5, 0.6) is 0 Å². The zero-order chi connectivity index (χ0) is 9.59. The Labute approximate surface area is 81.2 Å². The van der Waals surface area contributed by atoms with Crippen LogP contribution in [0.15, 0.2) is 11.3 Å². The average Bonchev–Trinajstić information content (AvgIpc) is 2.05. The Bertz CT molecular complexity index is 318. The zero-order valence-electron chi connectivity index (χ0n) is 7.66. The van der Waals surface area contributed by atoms with Gasteiger partial charge >= 0.3 is 0 Å². The molecule has 13 heavy (non-hydrogen) atoms. The molecule has 2 aliphatic heterocycles. The van der Waals surface area contributed by atoms with E-state index in [0.29, 0.717) is 17.9 Å². The number of rotatable bonds is 0. The molecule has 0 unspecified atom stereocenters. The molecule has 1 amide bonds. The normalized spacial score (nSPS) is 27.1. The number of carbonyl (C=O) groups is 2. The van der Waals surface area contributed by atoms with Crippen LogP contribution < -0.4 is 0 Å². The van der Waals surface area contributed by atoms with Crippen LogP contribution in [0, 0.1) is 0 Å². The molecule has 0 aromatic carbocycles. The molecule has 2 fully saturated rings. The quantitative estimate of drug-likeness (QED) is 0.432. The SMILES string of the molecule is CC(C)=C1C(=O)CS[C@@H]2CC(=O)N12. The van der Waals surface area contributed by atoms with Crippen molar-refractivity contribution < 1.29 is 9.59 Å². The van der Waals surface area contributed by atoms with Gasteiger partial charge in [-0.1, -0.05) is 0 Å². The second-order valence-electron chi connectivity index (χ2n) is 3.51. The van der Waals surface area contributed by atoms with Crippen molar-refractivity contribution in [3.63, 3.8) is 0 Å². The van der Waals surface area contributed by atoms with Gasteiger partial charge in [-0.05, 0) is 19.4 Å². The minimum absolute atomic E-state index is 0.0850. The van der Waals surface area contributed by atoms with Gasteiger partial charge in [0.2, 0.25) is 5.91 Å². The van der Waals surface area contributed by atoms with Crippen LogP contribution in [0.3, 0.4) is 0 Å². The van der Waals surface area contributed by atoms with Crippen LogP contribution in [0.2, 0.25) is 0 Å². The van der Waals surface area contributed by atoms with Gasteiger partial charge in [0.05, 0.1) is 23.2 Å². The van der Waals surface area contributed by atoms with E-state index in [2.05, 4.69) is 0 Å². The zero-order valence-corrected chi connectivity index (χ0v) is 8.48. The predicted octanol–water partition coefficient (Wildman–Crippen LogP) is 1.15. The fraction of sp³-hybridized carbons (Fsp3) is 0.556. The summed E-state index contributed by atoms with van der Waals surface area (Å²) in [6.07, 6.45) is 0.592. The van der Waals surface area contributed by atoms with E-state index in [9.17, 15) is 9.59 Å². The number of allylic oxidation sites excluding steroid dienone is 2. The van der Waals surface area contributed by atoms with Crippen LogP contribution in [0.25, 0.3) is 0 Å². The summed E-state index contributed by atoms with van der Waals surface area (Å²) in [7, 11) is 0. The third-order valence-electron chi connectivity index (χ3n) is 2.29. The minimum Gasteiger partial charge on any atom is -0.296 e. The first kappa shape index (κ1) is 8.81. The van der Waals surface area contributed by atoms with Gasteiger partial charge < -0.3 is 0 Å². The number of amides is 1. The smallest absolute Gasteiger partial charge is 0.231 e. The number of hydrogen-bond donors (Lipinski definition) is 0. The van der Waals surface area contributed by atoms with E-state index in [1.54, 1.807) is 16.7 Å². The fourth-order valence-electron chi connectivity index (χ4n) is 1.68. The highest BCUT2D eigenvalue weighted by molar-refractivity contribution is 8.00. The number of carbonyl (C=O) groups excluding carboxylic acids is 2. The lowest BCUT2D eigenvalue weighted by Gasteiger charge is -2.44. The van der Waals surface area contributed by atoms with Crippen molar-refractivity contribution in [2.45, 2.75) is 25.6 Å². The van der Waals surface area contributed by atoms with Gasteiger partial charge in [-0.3, -0.25) is 14.5 Å². The predicted molar refractivity (Wildman–Crippen MR) is 51.1 cm³/mol. The molecule has 2 aliphatic rings. The van der Waals surface area contributed by atoms with Crippen LogP contribution >= 0.6 is 11.8 Å². The summed E-state index contributed by atoms with van der Waals surface area (Å²) >= 11 is 1.57. The molecule has 70 valence electrons. The number of hydrogen-bond acceptors (Lipinski definition) is 3. The molecule has 1 atom stereocenters. The molecule has 0 aromatic rings. The van der Waals surface area contributed by atoms with Gasteiger partial charge in [-0.2, -0.15) is 0 Å². The lowest BCUT2D eigenvalue weighted by Crippen LogP contribution is -2.54. The van der Waals surface area contributed by atoms with Crippen molar-refractivity contribution in [3.05, 3.63) is 11.3 Å². The summed E-state index contributed by atoms with van der Waals surface area (Å²) < 4.78 is 0. The molecule has 0 saturated carbocycles. The Morgan fingerprint density at radius 2 is 2.15 bits per heavy atom. The van der Waals surface area contributed by atoms with E-state index < -0.39 is 0 Å². The standard InChI is InChI=1S/C9H11NO2S/c1-5(2)9-6(11)4-13-8-3-7(12)10(8)9/h8H,3-4H2,1-2H3/t8-/m1/s1. The summed E-state index contributed by atoms with van der Waals surface area (Å²) in [6.45, 7) is 3.76. The topological polar surface area (TPSA) is 37.4 Å². The molecule has 0 spiro atoms. The van der Waals surface area contributed by atoms with Gasteiger partial charge in [0.25, 0.3) is 0 Å². The fourth-order valence-corrected chi connectivity index (χ4v) is 2.80. The van der Waals surface area contributed by atoms with Crippen molar-refractivity contribution in [2.24, 2.45) is 0 Å². The highest BCUT2D eigenvalue weighted by Gasteiger charge is 2.44. The first-order chi connectivity index (χ1) is 6.11. The Hall–Kier alpha value is -0.770. The van der Waals surface area contributed by atoms with Crippen molar-refractivity contribution in [3.8, 4) is 0 Å². The van der Waals surface area contributed by atoms with Gasteiger partial charge in [0.15, 0.2) is 5.78 Å². The molecule has 0 aliphatic carbocycles. The van der Waals surface area contributed by atoms with E-state index in [1.165, 1.54) is 0 Å². The van der Waals surface area contributed by atoms with E-state index in [4.69, 9.17) is 0 Å². The maximum Gasteiger partial charge on any atom is 0.231 e. The Balaban J connectivity index is 2.36. The van der Waals surface area contributed by atoms with E-state index >= 15 is 0 Å². The molecule has 2 rings (SSSR count). The molecule has 0 N–H and O–H groups in total. The highest BCUT2D eigenvalue weighted by atomic mass is 32.2. The van der Waals surface area contributed by atoms with Crippen molar-refractivity contribution in [1.82, 2.24) is 4.90 Å². The Morgan fingerprint density at radius 1 is 1.46 bits per heavy atom.